The van der Waals surface area contributed by atoms with Crippen molar-refractivity contribution in [2.75, 3.05) is 0 Å². The van der Waals surface area contributed by atoms with Crippen LogP contribution in [0.15, 0.2) is 40.9 Å². The Morgan fingerprint density at radius 2 is 2.11 bits per heavy atom. The first-order chi connectivity index (χ1) is 9.15. The maximum Gasteiger partial charge on any atom is 0.338 e. The molecule has 0 saturated heterocycles. The molecule has 0 aliphatic rings. The van der Waals surface area contributed by atoms with Gasteiger partial charge in [-0.05, 0) is 24.3 Å². The van der Waals surface area contributed by atoms with Crippen LogP contribution in [0.25, 0.3) is 22.7 Å². The standard InChI is InChI=1S/C13H7FN2O3/c14-7-4-5-9(15-6-7)12-16-11-8(13(17)18)2-1-3-10(11)19-12/h1-6H,(H,17,18). The summed E-state index contributed by atoms with van der Waals surface area (Å²) in [6.45, 7) is 0. The number of fused-ring (bicyclic) bond motifs is 1. The summed E-state index contributed by atoms with van der Waals surface area (Å²) in [5.41, 5.74) is 0.987. The first kappa shape index (κ1) is 11.3. The lowest BCUT2D eigenvalue weighted by Gasteiger charge is -1.92. The summed E-state index contributed by atoms with van der Waals surface area (Å²) in [6.07, 6.45) is 1.04. The minimum Gasteiger partial charge on any atom is -0.478 e. The molecule has 1 N–H and O–H groups in total. The molecule has 3 aromatic rings. The number of pyridine rings is 1. The lowest BCUT2D eigenvalue weighted by molar-refractivity contribution is 0.0699. The van der Waals surface area contributed by atoms with Crippen molar-refractivity contribution >= 4 is 17.1 Å². The topological polar surface area (TPSA) is 76.2 Å². The zero-order valence-corrected chi connectivity index (χ0v) is 9.50. The van der Waals surface area contributed by atoms with Crippen LogP contribution in [0.2, 0.25) is 0 Å². The van der Waals surface area contributed by atoms with E-state index in [1.807, 2.05) is 0 Å². The fourth-order valence-corrected chi connectivity index (χ4v) is 1.73. The van der Waals surface area contributed by atoms with Crippen molar-refractivity contribution in [3.8, 4) is 11.6 Å². The van der Waals surface area contributed by atoms with Gasteiger partial charge in [-0.3, -0.25) is 0 Å². The van der Waals surface area contributed by atoms with Gasteiger partial charge in [0.15, 0.2) is 5.58 Å². The van der Waals surface area contributed by atoms with Gasteiger partial charge in [0, 0.05) is 0 Å². The van der Waals surface area contributed by atoms with Gasteiger partial charge in [0.25, 0.3) is 0 Å². The lowest BCUT2D eigenvalue weighted by atomic mass is 10.2. The number of oxazole rings is 1. The third kappa shape index (κ3) is 1.93. The smallest absolute Gasteiger partial charge is 0.338 e. The van der Waals surface area contributed by atoms with Gasteiger partial charge in [-0.1, -0.05) is 6.07 Å². The predicted molar refractivity (Wildman–Crippen MR) is 64.2 cm³/mol. The van der Waals surface area contributed by atoms with Crippen LogP contribution in [0.1, 0.15) is 10.4 Å². The van der Waals surface area contributed by atoms with Gasteiger partial charge in [-0.25, -0.2) is 19.2 Å². The molecule has 0 fully saturated rings. The third-order valence-corrected chi connectivity index (χ3v) is 2.60. The number of aromatic nitrogens is 2. The zero-order chi connectivity index (χ0) is 13.4. The summed E-state index contributed by atoms with van der Waals surface area (Å²) in [5, 5.41) is 9.05. The molecular weight excluding hydrogens is 251 g/mol. The summed E-state index contributed by atoms with van der Waals surface area (Å²) < 4.78 is 18.2. The van der Waals surface area contributed by atoms with Crippen LogP contribution in [0.3, 0.4) is 0 Å². The van der Waals surface area contributed by atoms with Crippen molar-refractivity contribution in [3.63, 3.8) is 0 Å². The fourth-order valence-electron chi connectivity index (χ4n) is 1.73. The number of halogens is 1. The number of para-hydroxylation sites is 1. The SMILES string of the molecule is O=C(O)c1cccc2oc(-c3ccc(F)cn3)nc12. The molecule has 0 amide bonds. The molecule has 0 saturated carbocycles. The second-order valence-corrected chi connectivity index (χ2v) is 3.84. The van der Waals surface area contributed by atoms with E-state index in [0.717, 1.165) is 6.20 Å². The Morgan fingerprint density at radius 1 is 1.26 bits per heavy atom. The fraction of sp³-hybridized carbons (Fsp3) is 0. The van der Waals surface area contributed by atoms with E-state index in [0.29, 0.717) is 11.3 Å². The van der Waals surface area contributed by atoms with Crippen molar-refractivity contribution in [2.24, 2.45) is 0 Å². The molecule has 0 radical (unpaired) electrons. The summed E-state index contributed by atoms with van der Waals surface area (Å²) in [5.74, 6) is -1.40. The van der Waals surface area contributed by atoms with Crippen LogP contribution in [-0.4, -0.2) is 21.0 Å². The third-order valence-electron chi connectivity index (χ3n) is 2.60. The van der Waals surface area contributed by atoms with Crippen molar-refractivity contribution in [2.45, 2.75) is 0 Å². The monoisotopic (exact) mass is 258 g/mol. The molecule has 6 heteroatoms. The molecule has 0 bridgehead atoms. The number of hydrogen-bond donors (Lipinski definition) is 1. The molecule has 0 aliphatic carbocycles. The molecule has 5 nitrogen and oxygen atoms in total. The Kier molecular flexibility index (Phi) is 2.49. The molecule has 0 aliphatic heterocycles. The van der Waals surface area contributed by atoms with Crippen LogP contribution in [-0.2, 0) is 0 Å². The number of carboxylic acid groups (broad SMARTS) is 1. The lowest BCUT2D eigenvalue weighted by Crippen LogP contribution is -1.96. The van der Waals surface area contributed by atoms with E-state index in [4.69, 9.17) is 9.52 Å². The molecule has 2 heterocycles. The largest absolute Gasteiger partial charge is 0.478 e. The van der Waals surface area contributed by atoms with E-state index < -0.39 is 11.8 Å². The van der Waals surface area contributed by atoms with Gasteiger partial charge in [-0.15, -0.1) is 0 Å². The number of rotatable bonds is 2. The number of benzene rings is 1. The number of aromatic carboxylic acids is 1. The van der Waals surface area contributed by atoms with Crippen molar-refractivity contribution in [1.29, 1.82) is 0 Å². The van der Waals surface area contributed by atoms with Crippen molar-refractivity contribution in [1.82, 2.24) is 9.97 Å². The molecule has 19 heavy (non-hydrogen) atoms. The number of nitrogens with zero attached hydrogens (tertiary/aromatic N) is 2. The van der Waals surface area contributed by atoms with Gasteiger partial charge < -0.3 is 9.52 Å². The molecule has 0 atom stereocenters. The number of hydrogen-bond acceptors (Lipinski definition) is 4. The van der Waals surface area contributed by atoms with E-state index in [9.17, 15) is 9.18 Å². The molecule has 94 valence electrons. The summed E-state index contributed by atoms with van der Waals surface area (Å²) in [7, 11) is 0. The van der Waals surface area contributed by atoms with Crippen molar-refractivity contribution in [3.05, 3.63) is 47.9 Å². The summed E-state index contributed by atoms with van der Waals surface area (Å²) in [6, 6.07) is 7.27. The van der Waals surface area contributed by atoms with E-state index in [-0.39, 0.29) is 17.0 Å². The normalized spacial score (nSPS) is 10.8. The first-order valence-corrected chi connectivity index (χ1v) is 5.40. The van der Waals surface area contributed by atoms with Crippen molar-refractivity contribution < 1.29 is 18.7 Å². The first-order valence-electron chi connectivity index (χ1n) is 5.40. The second-order valence-electron chi connectivity index (χ2n) is 3.84. The Balaban J connectivity index is 2.19. The Bertz CT molecular complexity index is 765. The quantitative estimate of drug-likeness (QED) is 0.764. The van der Waals surface area contributed by atoms with Crippen LogP contribution in [0.5, 0.6) is 0 Å². The predicted octanol–water partition coefficient (Wildman–Crippen LogP) is 2.73. The Labute approximate surface area is 106 Å². The van der Waals surface area contributed by atoms with Crippen LogP contribution in [0, 0.1) is 5.82 Å². The van der Waals surface area contributed by atoms with Gasteiger partial charge >= 0.3 is 5.97 Å². The Morgan fingerprint density at radius 3 is 2.79 bits per heavy atom. The maximum absolute atomic E-state index is 12.8. The molecule has 3 rings (SSSR count). The molecule has 0 spiro atoms. The van der Waals surface area contributed by atoms with Crippen LogP contribution in [0.4, 0.5) is 4.39 Å². The summed E-state index contributed by atoms with van der Waals surface area (Å²) in [4.78, 5) is 19.0. The molecule has 2 aromatic heterocycles. The highest BCUT2D eigenvalue weighted by atomic mass is 19.1. The van der Waals surface area contributed by atoms with Gasteiger partial charge in [0.2, 0.25) is 5.89 Å². The number of carboxylic acids is 1. The van der Waals surface area contributed by atoms with E-state index in [1.165, 1.54) is 18.2 Å². The van der Waals surface area contributed by atoms with Gasteiger partial charge in [-0.2, -0.15) is 0 Å². The molecule has 0 unspecified atom stereocenters. The van der Waals surface area contributed by atoms with E-state index in [2.05, 4.69) is 9.97 Å². The maximum atomic E-state index is 12.8. The van der Waals surface area contributed by atoms with Crippen LogP contribution >= 0.6 is 0 Å². The second kappa shape index (κ2) is 4.16. The molecular formula is C13H7FN2O3. The average Bonchev–Trinajstić information content (AvgIpc) is 2.82. The average molecular weight is 258 g/mol. The zero-order valence-electron chi connectivity index (χ0n) is 9.50. The minimum atomic E-state index is -1.09. The highest BCUT2D eigenvalue weighted by molar-refractivity contribution is 6.00. The highest BCUT2D eigenvalue weighted by Crippen LogP contribution is 2.25. The van der Waals surface area contributed by atoms with Gasteiger partial charge in [0.1, 0.15) is 17.0 Å². The van der Waals surface area contributed by atoms with Gasteiger partial charge in [0.05, 0.1) is 11.8 Å². The minimum absolute atomic E-state index is 0.0506. The molecule has 1 aromatic carbocycles. The Hall–Kier alpha value is -2.76. The number of carbonyl (C=O) groups is 1. The van der Waals surface area contributed by atoms with E-state index >= 15 is 0 Å². The summed E-state index contributed by atoms with van der Waals surface area (Å²) >= 11 is 0. The van der Waals surface area contributed by atoms with Crippen LogP contribution < -0.4 is 0 Å². The van der Waals surface area contributed by atoms with E-state index in [1.54, 1.807) is 12.1 Å². The highest BCUT2D eigenvalue weighted by Gasteiger charge is 2.15.